The number of sulfonamides is 1. The van der Waals surface area contributed by atoms with E-state index < -0.39 is 10.0 Å². The quantitative estimate of drug-likeness (QED) is 0.746. The van der Waals surface area contributed by atoms with Crippen molar-refractivity contribution >= 4 is 32.6 Å². The predicted octanol–water partition coefficient (Wildman–Crippen LogP) is 3.17. The second-order valence-corrected chi connectivity index (χ2v) is 8.45. The van der Waals surface area contributed by atoms with Gasteiger partial charge in [-0.3, -0.25) is 4.79 Å². The van der Waals surface area contributed by atoms with Crippen LogP contribution in [0.4, 0.5) is 5.69 Å². The van der Waals surface area contributed by atoms with E-state index in [1.54, 1.807) is 18.4 Å². The van der Waals surface area contributed by atoms with Gasteiger partial charge in [0.25, 0.3) is 0 Å². The summed E-state index contributed by atoms with van der Waals surface area (Å²) in [5, 5.41) is 3.64. The summed E-state index contributed by atoms with van der Waals surface area (Å²) in [6, 6.07) is 12.0. The lowest BCUT2D eigenvalue weighted by Gasteiger charge is -2.12. The average Bonchev–Trinajstić information content (AvgIpc) is 2.96. The van der Waals surface area contributed by atoms with Gasteiger partial charge in [0.05, 0.1) is 17.6 Å². The topological polar surface area (TPSA) is 79.6 Å². The Labute approximate surface area is 152 Å². The zero-order chi connectivity index (χ0) is 18.9. The summed E-state index contributed by atoms with van der Waals surface area (Å²) in [5.74, 6) is -0.243. The minimum atomic E-state index is -3.55. The van der Waals surface area contributed by atoms with Gasteiger partial charge < -0.3 is 9.73 Å². The van der Waals surface area contributed by atoms with Crippen LogP contribution in [0.25, 0.3) is 11.0 Å². The van der Waals surface area contributed by atoms with Crippen LogP contribution in [0.3, 0.4) is 0 Å². The van der Waals surface area contributed by atoms with Crippen LogP contribution in [0.1, 0.15) is 11.1 Å². The number of hydrogen-bond donors (Lipinski definition) is 1. The summed E-state index contributed by atoms with van der Waals surface area (Å²) in [7, 11) is -0.622. The Hall–Kier alpha value is -2.64. The van der Waals surface area contributed by atoms with Crippen LogP contribution < -0.4 is 5.32 Å². The fourth-order valence-corrected chi connectivity index (χ4v) is 3.60. The highest BCUT2D eigenvalue weighted by Gasteiger charge is 2.18. The number of hydrogen-bond acceptors (Lipinski definition) is 4. The van der Waals surface area contributed by atoms with E-state index in [9.17, 15) is 13.2 Å². The Morgan fingerprint density at radius 2 is 1.92 bits per heavy atom. The lowest BCUT2D eigenvalue weighted by Crippen LogP contribution is -2.22. The molecule has 0 aliphatic carbocycles. The van der Waals surface area contributed by atoms with Gasteiger partial charge in [-0.05, 0) is 36.8 Å². The smallest absolute Gasteiger partial charge is 0.242 e. The van der Waals surface area contributed by atoms with Crippen molar-refractivity contribution in [2.45, 2.75) is 18.2 Å². The number of amides is 1. The summed E-state index contributed by atoms with van der Waals surface area (Å²) in [4.78, 5) is 12.5. The minimum absolute atomic E-state index is 0.129. The molecule has 1 amide bonds. The van der Waals surface area contributed by atoms with Gasteiger partial charge in [0.2, 0.25) is 15.9 Å². The van der Waals surface area contributed by atoms with E-state index in [0.717, 1.165) is 26.4 Å². The molecular weight excluding hydrogens is 352 g/mol. The number of fused-ring (bicyclic) bond motifs is 1. The molecule has 1 heterocycles. The lowest BCUT2D eigenvalue weighted by atomic mass is 10.1. The maximum atomic E-state index is 12.4. The largest absolute Gasteiger partial charge is 0.464 e. The molecule has 3 aromatic rings. The maximum absolute atomic E-state index is 12.4. The highest BCUT2D eigenvalue weighted by atomic mass is 32.2. The molecule has 0 aliphatic heterocycles. The zero-order valence-corrected chi connectivity index (χ0v) is 15.6. The van der Waals surface area contributed by atoms with Gasteiger partial charge in [-0.25, -0.2) is 12.7 Å². The normalized spacial score (nSPS) is 11.8. The van der Waals surface area contributed by atoms with Crippen molar-refractivity contribution in [3.8, 4) is 0 Å². The van der Waals surface area contributed by atoms with Crippen LogP contribution >= 0.6 is 0 Å². The van der Waals surface area contributed by atoms with Crippen LogP contribution in [-0.2, 0) is 21.2 Å². The summed E-state index contributed by atoms with van der Waals surface area (Å²) < 4.78 is 31.0. The van der Waals surface area contributed by atoms with Crippen LogP contribution in [-0.4, -0.2) is 32.7 Å². The molecule has 0 atom stereocenters. The number of nitrogens with zero attached hydrogens (tertiary/aromatic N) is 1. The number of nitrogens with one attached hydrogen (secondary N) is 1. The molecule has 0 spiro atoms. The molecule has 1 aromatic heterocycles. The molecule has 0 saturated carbocycles. The number of aryl methyl sites for hydroxylation is 1. The van der Waals surface area contributed by atoms with Crippen molar-refractivity contribution in [3.63, 3.8) is 0 Å². The van der Waals surface area contributed by atoms with Gasteiger partial charge in [-0.2, -0.15) is 0 Å². The van der Waals surface area contributed by atoms with Crippen LogP contribution in [0.5, 0.6) is 0 Å². The molecule has 0 bridgehead atoms. The van der Waals surface area contributed by atoms with Crippen LogP contribution in [0.2, 0.25) is 0 Å². The molecule has 6 nitrogen and oxygen atoms in total. The van der Waals surface area contributed by atoms with Crippen molar-refractivity contribution in [1.82, 2.24) is 4.31 Å². The second-order valence-electron chi connectivity index (χ2n) is 6.30. The molecule has 136 valence electrons. The molecule has 1 N–H and O–H groups in total. The highest BCUT2D eigenvalue weighted by Crippen LogP contribution is 2.23. The monoisotopic (exact) mass is 372 g/mol. The molecule has 26 heavy (non-hydrogen) atoms. The molecular formula is C19H20N2O4S. The molecule has 3 rings (SSSR count). The van der Waals surface area contributed by atoms with Gasteiger partial charge in [0.1, 0.15) is 5.58 Å². The minimum Gasteiger partial charge on any atom is -0.464 e. The summed E-state index contributed by atoms with van der Waals surface area (Å²) in [6.07, 6.45) is 1.72. The number of carbonyl (C=O) groups is 1. The van der Waals surface area contributed by atoms with E-state index in [1.165, 1.54) is 26.2 Å². The second kappa shape index (κ2) is 6.93. The number of furan rings is 1. The molecule has 2 aromatic carbocycles. The van der Waals surface area contributed by atoms with Crippen molar-refractivity contribution in [1.29, 1.82) is 0 Å². The Balaban J connectivity index is 1.78. The van der Waals surface area contributed by atoms with Crippen molar-refractivity contribution in [3.05, 3.63) is 59.9 Å². The van der Waals surface area contributed by atoms with E-state index in [1.807, 2.05) is 25.1 Å². The first kappa shape index (κ1) is 18.2. The number of anilines is 1. The Bertz CT molecular complexity index is 1070. The van der Waals surface area contributed by atoms with E-state index in [2.05, 4.69) is 5.32 Å². The number of benzene rings is 2. The Morgan fingerprint density at radius 3 is 2.65 bits per heavy atom. The first-order valence-corrected chi connectivity index (χ1v) is 9.50. The van der Waals surface area contributed by atoms with E-state index in [0.29, 0.717) is 5.69 Å². The maximum Gasteiger partial charge on any atom is 0.242 e. The standard InChI is InChI=1S/C19H20N2O4S/c1-13-7-8-17-14(12-25-18(17)9-13)10-19(22)20-15-5-4-6-16(11-15)26(23,24)21(2)3/h4-9,11-12H,10H2,1-3H3,(H,20,22). The molecule has 0 saturated heterocycles. The molecule has 0 radical (unpaired) electrons. The van der Waals surface area contributed by atoms with Crippen LogP contribution in [0, 0.1) is 6.92 Å². The summed E-state index contributed by atoms with van der Waals surface area (Å²) in [6.45, 7) is 1.98. The van der Waals surface area contributed by atoms with E-state index >= 15 is 0 Å². The lowest BCUT2D eigenvalue weighted by molar-refractivity contribution is -0.115. The third-order valence-electron chi connectivity index (χ3n) is 4.06. The molecule has 0 aliphatic rings. The summed E-state index contributed by atoms with van der Waals surface area (Å²) in [5.41, 5.74) is 3.05. The number of carbonyl (C=O) groups excluding carboxylic acids is 1. The Morgan fingerprint density at radius 1 is 1.15 bits per heavy atom. The zero-order valence-electron chi connectivity index (χ0n) is 14.8. The average molecular weight is 372 g/mol. The van der Waals surface area contributed by atoms with E-state index in [4.69, 9.17) is 4.42 Å². The van der Waals surface area contributed by atoms with Crippen molar-refractivity contribution in [2.75, 3.05) is 19.4 Å². The molecule has 0 unspecified atom stereocenters. The fourth-order valence-electron chi connectivity index (χ4n) is 2.65. The summed E-state index contributed by atoms with van der Waals surface area (Å²) >= 11 is 0. The van der Waals surface area contributed by atoms with Gasteiger partial charge >= 0.3 is 0 Å². The van der Waals surface area contributed by atoms with E-state index in [-0.39, 0.29) is 17.2 Å². The SMILES string of the molecule is Cc1ccc2c(CC(=O)Nc3cccc(S(=O)(=O)N(C)C)c3)coc2c1. The first-order chi connectivity index (χ1) is 12.3. The molecule has 0 fully saturated rings. The Kier molecular flexibility index (Phi) is 4.84. The van der Waals surface area contributed by atoms with Gasteiger partial charge in [-0.1, -0.05) is 18.2 Å². The fraction of sp³-hybridized carbons (Fsp3) is 0.211. The van der Waals surface area contributed by atoms with Gasteiger partial charge in [-0.15, -0.1) is 0 Å². The van der Waals surface area contributed by atoms with Gasteiger partial charge in [0, 0.05) is 30.7 Å². The number of rotatable bonds is 5. The third-order valence-corrected chi connectivity index (χ3v) is 5.87. The van der Waals surface area contributed by atoms with Crippen molar-refractivity contribution < 1.29 is 17.6 Å². The van der Waals surface area contributed by atoms with Crippen LogP contribution in [0.15, 0.2) is 58.0 Å². The highest BCUT2D eigenvalue weighted by molar-refractivity contribution is 7.89. The third kappa shape index (κ3) is 3.63. The van der Waals surface area contributed by atoms with Gasteiger partial charge in [0.15, 0.2) is 0 Å². The molecule has 7 heteroatoms. The predicted molar refractivity (Wildman–Crippen MR) is 101 cm³/mol. The first-order valence-electron chi connectivity index (χ1n) is 8.06. The van der Waals surface area contributed by atoms with Crippen molar-refractivity contribution in [2.24, 2.45) is 0 Å².